The minimum Gasteiger partial charge on any atom is -0.493 e. The van der Waals surface area contributed by atoms with Crippen LogP contribution in [0.3, 0.4) is 0 Å². The summed E-state index contributed by atoms with van der Waals surface area (Å²) in [6, 6.07) is 2.17. The van der Waals surface area contributed by atoms with E-state index in [0.717, 1.165) is 12.1 Å². The molecule has 0 saturated carbocycles. The Kier molecular flexibility index (Phi) is 1.96. The highest BCUT2D eigenvalue weighted by atomic mass is 19.2. The Hall–Kier alpha value is -1.16. The van der Waals surface area contributed by atoms with Crippen molar-refractivity contribution >= 4 is 0 Å². The molecule has 14 heavy (non-hydrogen) atoms. The van der Waals surface area contributed by atoms with Gasteiger partial charge in [0.15, 0.2) is 11.6 Å². The lowest BCUT2D eigenvalue weighted by atomic mass is 9.87. The first-order chi connectivity index (χ1) is 6.50. The summed E-state index contributed by atoms with van der Waals surface area (Å²) in [4.78, 5) is 0. The number of rotatable bonds is 0. The van der Waals surface area contributed by atoms with Gasteiger partial charge in [-0.15, -0.1) is 0 Å². The molecule has 0 saturated heterocycles. The molecule has 0 amide bonds. The molecule has 0 aliphatic carbocycles. The van der Waals surface area contributed by atoms with E-state index in [4.69, 9.17) is 10.5 Å². The topological polar surface area (TPSA) is 35.2 Å². The molecule has 0 fully saturated rings. The standard InChI is InChI=1S/C10H11F2NO/c1-10(13)2-3-14-9-5-8(12)7(11)4-6(9)10/h4-5H,2-3,13H2,1H3. The fourth-order valence-corrected chi connectivity index (χ4v) is 1.60. The van der Waals surface area contributed by atoms with Crippen LogP contribution in [0.2, 0.25) is 0 Å². The number of benzene rings is 1. The molecule has 1 aromatic rings. The fraction of sp³-hybridized carbons (Fsp3) is 0.400. The van der Waals surface area contributed by atoms with Crippen molar-refractivity contribution in [3.05, 3.63) is 29.3 Å². The highest BCUT2D eigenvalue weighted by Gasteiger charge is 2.30. The number of fused-ring (bicyclic) bond motifs is 1. The monoisotopic (exact) mass is 199 g/mol. The van der Waals surface area contributed by atoms with Gasteiger partial charge in [-0.2, -0.15) is 0 Å². The molecule has 0 aromatic heterocycles. The zero-order chi connectivity index (χ0) is 10.3. The van der Waals surface area contributed by atoms with Gasteiger partial charge in [-0.1, -0.05) is 0 Å². The number of ether oxygens (including phenoxy) is 1. The summed E-state index contributed by atoms with van der Waals surface area (Å²) in [5.74, 6) is -1.44. The van der Waals surface area contributed by atoms with Gasteiger partial charge in [-0.05, 0) is 13.0 Å². The Morgan fingerprint density at radius 3 is 2.71 bits per heavy atom. The van der Waals surface area contributed by atoms with Crippen LogP contribution in [0.4, 0.5) is 8.78 Å². The van der Waals surface area contributed by atoms with E-state index in [0.29, 0.717) is 24.3 Å². The van der Waals surface area contributed by atoms with Crippen LogP contribution in [-0.2, 0) is 5.54 Å². The molecule has 2 rings (SSSR count). The van der Waals surface area contributed by atoms with Crippen molar-refractivity contribution in [3.8, 4) is 5.75 Å². The Morgan fingerprint density at radius 2 is 2.00 bits per heavy atom. The molecule has 2 nitrogen and oxygen atoms in total. The number of nitrogens with two attached hydrogens (primary N) is 1. The zero-order valence-electron chi connectivity index (χ0n) is 7.81. The molecule has 0 radical (unpaired) electrons. The molecular weight excluding hydrogens is 188 g/mol. The van der Waals surface area contributed by atoms with E-state index in [-0.39, 0.29) is 0 Å². The Morgan fingerprint density at radius 1 is 1.36 bits per heavy atom. The maximum Gasteiger partial charge on any atom is 0.162 e. The van der Waals surface area contributed by atoms with E-state index < -0.39 is 17.2 Å². The molecule has 1 atom stereocenters. The third kappa shape index (κ3) is 1.35. The minimum atomic E-state index is -0.901. The molecule has 1 heterocycles. The number of hydrogen-bond acceptors (Lipinski definition) is 2. The van der Waals surface area contributed by atoms with Crippen LogP contribution < -0.4 is 10.5 Å². The molecule has 1 aromatic carbocycles. The molecule has 1 unspecified atom stereocenters. The van der Waals surface area contributed by atoms with Crippen LogP contribution >= 0.6 is 0 Å². The van der Waals surface area contributed by atoms with Gasteiger partial charge in [0.25, 0.3) is 0 Å². The van der Waals surface area contributed by atoms with Gasteiger partial charge in [0.2, 0.25) is 0 Å². The third-order valence-corrected chi connectivity index (χ3v) is 2.52. The fourth-order valence-electron chi connectivity index (χ4n) is 1.60. The second kappa shape index (κ2) is 2.92. The molecule has 4 heteroatoms. The molecule has 76 valence electrons. The van der Waals surface area contributed by atoms with Crippen molar-refractivity contribution in [1.29, 1.82) is 0 Å². The lowest BCUT2D eigenvalue weighted by Gasteiger charge is -2.32. The Labute approximate surface area is 80.7 Å². The lowest BCUT2D eigenvalue weighted by Crippen LogP contribution is -2.38. The zero-order valence-corrected chi connectivity index (χ0v) is 7.81. The largest absolute Gasteiger partial charge is 0.493 e. The van der Waals surface area contributed by atoms with E-state index in [1.165, 1.54) is 0 Å². The summed E-state index contributed by atoms with van der Waals surface area (Å²) in [6.07, 6.45) is 0.602. The predicted molar refractivity (Wildman–Crippen MR) is 48.0 cm³/mol. The maximum absolute atomic E-state index is 13.0. The summed E-state index contributed by atoms with van der Waals surface area (Å²) < 4.78 is 31.0. The first-order valence-corrected chi connectivity index (χ1v) is 4.42. The second-order valence-corrected chi connectivity index (χ2v) is 3.78. The van der Waals surface area contributed by atoms with E-state index in [9.17, 15) is 8.78 Å². The number of hydrogen-bond donors (Lipinski definition) is 1. The molecular formula is C10H11F2NO. The Balaban J connectivity index is 2.59. The first-order valence-electron chi connectivity index (χ1n) is 4.42. The third-order valence-electron chi connectivity index (χ3n) is 2.52. The molecule has 1 aliphatic rings. The average Bonchev–Trinajstić information content (AvgIpc) is 2.08. The highest BCUT2D eigenvalue weighted by molar-refractivity contribution is 5.41. The van der Waals surface area contributed by atoms with Gasteiger partial charge >= 0.3 is 0 Å². The average molecular weight is 199 g/mol. The van der Waals surface area contributed by atoms with Crippen molar-refractivity contribution in [2.24, 2.45) is 5.73 Å². The lowest BCUT2D eigenvalue weighted by molar-refractivity contribution is 0.225. The van der Waals surface area contributed by atoms with Crippen molar-refractivity contribution < 1.29 is 13.5 Å². The minimum absolute atomic E-state index is 0.347. The van der Waals surface area contributed by atoms with Crippen molar-refractivity contribution in [2.75, 3.05) is 6.61 Å². The number of halogens is 2. The van der Waals surface area contributed by atoms with Gasteiger partial charge < -0.3 is 10.5 Å². The SMILES string of the molecule is CC1(N)CCOc2cc(F)c(F)cc21. The second-order valence-electron chi connectivity index (χ2n) is 3.78. The van der Waals surface area contributed by atoms with Crippen LogP contribution in [-0.4, -0.2) is 6.61 Å². The predicted octanol–water partition coefficient (Wildman–Crippen LogP) is 1.92. The normalized spacial score (nSPS) is 25.4. The summed E-state index contributed by atoms with van der Waals surface area (Å²) in [5.41, 5.74) is 5.83. The van der Waals surface area contributed by atoms with E-state index >= 15 is 0 Å². The van der Waals surface area contributed by atoms with Crippen molar-refractivity contribution in [1.82, 2.24) is 0 Å². The summed E-state index contributed by atoms with van der Waals surface area (Å²) in [7, 11) is 0. The van der Waals surface area contributed by atoms with Crippen LogP contribution in [0.5, 0.6) is 5.75 Å². The molecule has 2 N–H and O–H groups in total. The quantitative estimate of drug-likeness (QED) is 0.692. The molecule has 0 spiro atoms. The smallest absolute Gasteiger partial charge is 0.162 e. The van der Waals surface area contributed by atoms with Crippen LogP contribution in [0.15, 0.2) is 12.1 Å². The van der Waals surface area contributed by atoms with E-state index in [1.807, 2.05) is 0 Å². The molecule has 0 bridgehead atoms. The van der Waals surface area contributed by atoms with E-state index in [1.54, 1.807) is 6.92 Å². The summed E-state index contributed by atoms with van der Waals surface area (Å²) in [5, 5.41) is 0. The van der Waals surface area contributed by atoms with Crippen molar-refractivity contribution in [3.63, 3.8) is 0 Å². The maximum atomic E-state index is 13.0. The van der Waals surface area contributed by atoms with Crippen LogP contribution in [0, 0.1) is 11.6 Å². The van der Waals surface area contributed by atoms with Gasteiger partial charge in [0.1, 0.15) is 5.75 Å². The van der Waals surface area contributed by atoms with Gasteiger partial charge in [0, 0.05) is 23.6 Å². The van der Waals surface area contributed by atoms with E-state index in [2.05, 4.69) is 0 Å². The summed E-state index contributed by atoms with van der Waals surface area (Å²) >= 11 is 0. The van der Waals surface area contributed by atoms with Crippen LogP contribution in [0.25, 0.3) is 0 Å². The van der Waals surface area contributed by atoms with Crippen molar-refractivity contribution in [2.45, 2.75) is 18.9 Å². The van der Waals surface area contributed by atoms with Gasteiger partial charge in [0.05, 0.1) is 6.61 Å². The summed E-state index contributed by atoms with van der Waals surface area (Å²) in [6.45, 7) is 2.22. The first kappa shape index (κ1) is 9.40. The van der Waals surface area contributed by atoms with Crippen LogP contribution in [0.1, 0.15) is 18.9 Å². The molecule has 1 aliphatic heterocycles. The van der Waals surface area contributed by atoms with Gasteiger partial charge in [-0.3, -0.25) is 0 Å². The van der Waals surface area contributed by atoms with Gasteiger partial charge in [-0.25, -0.2) is 8.78 Å². The highest BCUT2D eigenvalue weighted by Crippen LogP contribution is 2.35. The Bertz CT molecular complexity index is 377.